The first kappa shape index (κ1) is 8.48. The number of nitrogens with zero attached hydrogens (tertiary/aromatic N) is 1. The third kappa shape index (κ3) is 1.26. The zero-order valence-corrected chi connectivity index (χ0v) is 8.06. The van der Waals surface area contributed by atoms with Gasteiger partial charge in [0.15, 0.2) is 0 Å². The van der Waals surface area contributed by atoms with Crippen LogP contribution >= 0.6 is 0 Å². The Balaban J connectivity index is 1.93. The van der Waals surface area contributed by atoms with Gasteiger partial charge in [-0.05, 0) is 39.8 Å². The molecule has 0 bridgehead atoms. The zero-order valence-electron chi connectivity index (χ0n) is 8.06. The third-order valence-corrected chi connectivity index (χ3v) is 3.44. The van der Waals surface area contributed by atoms with Crippen LogP contribution in [0.15, 0.2) is 0 Å². The van der Waals surface area contributed by atoms with Gasteiger partial charge >= 0.3 is 0 Å². The van der Waals surface area contributed by atoms with Crippen molar-refractivity contribution in [2.24, 2.45) is 0 Å². The van der Waals surface area contributed by atoms with Gasteiger partial charge in [-0.1, -0.05) is 0 Å². The van der Waals surface area contributed by atoms with Crippen molar-refractivity contribution in [1.29, 1.82) is 0 Å². The van der Waals surface area contributed by atoms with Gasteiger partial charge in [-0.2, -0.15) is 0 Å². The van der Waals surface area contributed by atoms with Crippen LogP contribution < -0.4 is 10.9 Å². The number of hydrogen-bond donors (Lipinski definition) is 2. The van der Waals surface area contributed by atoms with E-state index in [0.717, 1.165) is 6.54 Å². The van der Waals surface area contributed by atoms with Crippen LogP contribution in [0.25, 0.3) is 0 Å². The predicted molar refractivity (Wildman–Crippen MR) is 49.8 cm³/mol. The van der Waals surface area contributed by atoms with Crippen LogP contribution in [0, 0.1) is 0 Å². The molecule has 0 aliphatic carbocycles. The van der Waals surface area contributed by atoms with Crippen LogP contribution in [0.5, 0.6) is 0 Å². The van der Waals surface area contributed by atoms with E-state index in [-0.39, 0.29) is 0 Å². The summed E-state index contributed by atoms with van der Waals surface area (Å²) in [6.07, 6.45) is 2.77. The minimum atomic E-state index is 0.310. The molecule has 0 saturated carbocycles. The van der Waals surface area contributed by atoms with Crippen LogP contribution in [0.2, 0.25) is 0 Å². The van der Waals surface area contributed by atoms with E-state index in [2.05, 4.69) is 29.6 Å². The van der Waals surface area contributed by atoms with Crippen molar-refractivity contribution in [3.05, 3.63) is 0 Å². The second-order valence-electron chi connectivity index (χ2n) is 4.32. The second kappa shape index (κ2) is 2.98. The minimum Gasteiger partial charge on any atom is -0.299 e. The van der Waals surface area contributed by atoms with E-state index in [1.54, 1.807) is 0 Å². The fourth-order valence-electron chi connectivity index (χ4n) is 2.15. The van der Waals surface area contributed by atoms with Crippen molar-refractivity contribution in [3.8, 4) is 0 Å². The Morgan fingerprint density at radius 2 is 1.92 bits per heavy atom. The normalized spacial score (nSPS) is 39.5. The van der Waals surface area contributed by atoms with E-state index >= 15 is 0 Å². The Hall–Kier alpha value is -0.120. The molecule has 2 fully saturated rings. The average molecular weight is 169 g/mol. The molecule has 0 aromatic heterocycles. The predicted octanol–water partition coefficient (Wildman–Crippen LogP) is 0.337. The van der Waals surface area contributed by atoms with Crippen molar-refractivity contribution in [3.63, 3.8) is 0 Å². The van der Waals surface area contributed by atoms with E-state index in [1.807, 2.05) is 0 Å². The second-order valence-corrected chi connectivity index (χ2v) is 4.32. The molecule has 2 saturated heterocycles. The summed E-state index contributed by atoms with van der Waals surface area (Å²) in [6, 6.07) is 0.668. The standard InChI is InChI=1S/C9H19N3/c1-8(9(2)7-10-11-9)12-5-3-4-6-12/h8,10-11H,3-7H2,1-2H3/t8-,9?/m0/s1. The van der Waals surface area contributed by atoms with Crippen LogP contribution in [0.1, 0.15) is 26.7 Å². The summed E-state index contributed by atoms with van der Waals surface area (Å²) in [5.41, 5.74) is 6.75. The maximum atomic E-state index is 3.31. The Morgan fingerprint density at radius 3 is 2.33 bits per heavy atom. The van der Waals surface area contributed by atoms with Gasteiger partial charge in [0, 0.05) is 12.6 Å². The molecule has 0 aromatic carbocycles. The number of rotatable bonds is 2. The molecule has 0 spiro atoms. The monoisotopic (exact) mass is 169 g/mol. The molecule has 2 atom stereocenters. The van der Waals surface area contributed by atoms with Crippen LogP contribution in [-0.2, 0) is 0 Å². The van der Waals surface area contributed by atoms with Gasteiger partial charge in [-0.3, -0.25) is 10.3 Å². The summed E-state index contributed by atoms with van der Waals surface area (Å²) >= 11 is 0. The topological polar surface area (TPSA) is 27.3 Å². The zero-order chi connectivity index (χ0) is 8.60. The molecule has 0 aromatic rings. The Bertz CT molecular complexity index is 159. The number of likely N-dealkylation sites (tertiary alicyclic amines) is 1. The van der Waals surface area contributed by atoms with Gasteiger partial charge in [0.25, 0.3) is 0 Å². The van der Waals surface area contributed by atoms with E-state index in [1.165, 1.54) is 25.9 Å². The fourth-order valence-corrected chi connectivity index (χ4v) is 2.15. The summed E-state index contributed by atoms with van der Waals surface area (Å²) in [4.78, 5) is 2.59. The molecule has 70 valence electrons. The molecule has 2 N–H and O–H groups in total. The minimum absolute atomic E-state index is 0.310. The molecule has 2 rings (SSSR count). The highest BCUT2D eigenvalue weighted by atomic mass is 15.5. The largest absolute Gasteiger partial charge is 0.299 e. The highest BCUT2D eigenvalue weighted by Gasteiger charge is 2.40. The maximum absolute atomic E-state index is 3.31. The van der Waals surface area contributed by atoms with Crippen molar-refractivity contribution in [2.75, 3.05) is 19.6 Å². The molecule has 1 unspecified atom stereocenters. The van der Waals surface area contributed by atoms with Crippen molar-refractivity contribution in [2.45, 2.75) is 38.3 Å². The summed E-state index contributed by atoms with van der Waals surface area (Å²) in [7, 11) is 0. The van der Waals surface area contributed by atoms with E-state index in [4.69, 9.17) is 0 Å². The van der Waals surface area contributed by atoms with E-state index in [0.29, 0.717) is 11.6 Å². The van der Waals surface area contributed by atoms with Crippen LogP contribution in [-0.4, -0.2) is 36.1 Å². The molecule has 0 amide bonds. The molecule has 3 heteroatoms. The molecule has 2 heterocycles. The lowest BCUT2D eigenvalue weighted by molar-refractivity contribution is 0.0669. The Labute approximate surface area is 74.5 Å². The lowest BCUT2D eigenvalue weighted by Crippen LogP contribution is -2.75. The number of nitrogens with one attached hydrogen (secondary N) is 2. The highest BCUT2D eigenvalue weighted by Crippen LogP contribution is 2.22. The van der Waals surface area contributed by atoms with Gasteiger partial charge in [0.1, 0.15) is 0 Å². The first-order valence-corrected chi connectivity index (χ1v) is 4.96. The Morgan fingerprint density at radius 1 is 1.33 bits per heavy atom. The third-order valence-electron chi connectivity index (χ3n) is 3.44. The van der Waals surface area contributed by atoms with Gasteiger partial charge < -0.3 is 0 Å². The maximum Gasteiger partial charge on any atom is 0.0585 e. The van der Waals surface area contributed by atoms with Crippen molar-refractivity contribution in [1.82, 2.24) is 15.8 Å². The summed E-state index contributed by atoms with van der Waals surface area (Å²) in [5.74, 6) is 0. The highest BCUT2D eigenvalue weighted by molar-refractivity contribution is 5.00. The molecular formula is C9H19N3. The van der Waals surface area contributed by atoms with Crippen LogP contribution in [0.4, 0.5) is 0 Å². The van der Waals surface area contributed by atoms with E-state index in [9.17, 15) is 0 Å². The lowest BCUT2D eigenvalue weighted by Gasteiger charge is -2.48. The fraction of sp³-hybridized carbons (Fsp3) is 1.00. The molecule has 0 radical (unpaired) electrons. The summed E-state index contributed by atoms with van der Waals surface area (Å²) in [5, 5.41) is 0. The van der Waals surface area contributed by atoms with E-state index < -0.39 is 0 Å². The molecule has 12 heavy (non-hydrogen) atoms. The molecule has 2 aliphatic heterocycles. The van der Waals surface area contributed by atoms with Gasteiger partial charge in [0.2, 0.25) is 0 Å². The quantitative estimate of drug-likeness (QED) is 0.624. The SMILES string of the molecule is C[C@H](N1CCCC1)C1(C)CNN1. The number of hydrazine groups is 1. The molecular weight excluding hydrogens is 150 g/mol. The summed E-state index contributed by atoms with van der Waals surface area (Å²) < 4.78 is 0. The average Bonchev–Trinajstić information content (AvgIpc) is 2.50. The Kier molecular flexibility index (Phi) is 2.10. The summed E-state index contributed by atoms with van der Waals surface area (Å²) in [6.45, 7) is 8.31. The van der Waals surface area contributed by atoms with Gasteiger partial charge in [-0.15, -0.1) is 0 Å². The number of hydrogen-bond acceptors (Lipinski definition) is 3. The van der Waals surface area contributed by atoms with Gasteiger partial charge in [-0.25, -0.2) is 5.43 Å². The van der Waals surface area contributed by atoms with Crippen molar-refractivity contribution < 1.29 is 0 Å². The van der Waals surface area contributed by atoms with Gasteiger partial charge in [0.05, 0.1) is 5.54 Å². The van der Waals surface area contributed by atoms with Crippen LogP contribution in [0.3, 0.4) is 0 Å². The molecule has 3 nitrogen and oxygen atoms in total. The lowest BCUT2D eigenvalue weighted by atomic mass is 9.90. The smallest absolute Gasteiger partial charge is 0.0585 e. The first-order chi connectivity index (χ1) is 5.72. The molecule has 2 aliphatic rings. The first-order valence-electron chi connectivity index (χ1n) is 4.96. The van der Waals surface area contributed by atoms with Crippen molar-refractivity contribution >= 4 is 0 Å².